The Hall–Kier alpha value is -1.42. The number of hydrogen-bond acceptors (Lipinski definition) is 1. The quantitative estimate of drug-likeness (QED) is 0.760. The summed E-state index contributed by atoms with van der Waals surface area (Å²) in [6, 6.07) is 11.3. The highest BCUT2D eigenvalue weighted by Crippen LogP contribution is 2.33. The molecule has 94 valence electrons. The minimum Gasteiger partial charge on any atom is -0.497 e. The van der Waals surface area contributed by atoms with Crippen molar-refractivity contribution in [3.63, 3.8) is 0 Å². The predicted molar refractivity (Wildman–Crippen MR) is 70.1 cm³/mol. The largest absolute Gasteiger partial charge is 0.497 e. The molecule has 1 nitrogen and oxygen atoms in total. The van der Waals surface area contributed by atoms with E-state index in [1.54, 1.807) is 13.2 Å². The predicted octanol–water partition coefficient (Wildman–Crippen LogP) is 4.46. The lowest BCUT2D eigenvalue weighted by Crippen LogP contribution is -1.96. The Labute approximate surface area is 113 Å². The molecule has 0 saturated heterocycles. The zero-order valence-corrected chi connectivity index (χ0v) is 11.2. The minimum absolute atomic E-state index is 0.206. The highest BCUT2D eigenvalue weighted by Gasteiger charge is 2.13. The van der Waals surface area contributed by atoms with E-state index in [1.807, 2.05) is 24.3 Å². The number of benzene rings is 2. The number of halogens is 3. The topological polar surface area (TPSA) is 9.23 Å². The number of hydrogen-bond donors (Lipinski definition) is 0. The molecule has 0 amide bonds. The summed E-state index contributed by atoms with van der Waals surface area (Å²) < 4.78 is 31.2. The van der Waals surface area contributed by atoms with Gasteiger partial charge < -0.3 is 4.74 Å². The molecule has 0 saturated carbocycles. The first-order valence-corrected chi connectivity index (χ1v) is 6.26. The van der Waals surface area contributed by atoms with Crippen LogP contribution in [0, 0.1) is 11.6 Å². The smallest absolute Gasteiger partial charge is 0.159 e. The van der Waals surface area contributed by atoms with Gasteiger partial charge in [0.2, 0.25) is 0 Å². The molecule has 18 heavy (non-hydrogen) atoms. The van der Waals surface area contributed by atoms with Crippen molar-refractivity contribution in [1.82, 2.24) is 0 Å². The summed E-state index contributed by atoms with van der Waals surface area (Å²) in [6.45, 7) is 0. The van der Waals surface area contributed by atoms with Gasteiger partial charge in [-0.15, -0.1) is 0 Å². The van der Waals surface area contributed by atoms with E-state index in [-0.39, 0.29) is 4.83 Å². The van der Waals surface area contributed by atoms with E-state index >= 15 is 0 Å². The van der Waals surface area contributed by atoms with Gasteiger partial charge in [-0.2, -0.15) is 0 Å². The van der Waals surface area contributed by atoms with Crippen LogP contribution in [0.1, 0.15) is 16.0 Å². The summed E-state index contributed by atoms with van der Waals surface area (Å²) in [5.74, 6) is -0.969. The van der Waals surface area contributed by atoms with Crippen LogP contribution >= 0.6 is 15.9 Å². The lowest BCUT2D eigenvalue weighted by Gasteiger charge is -2.12. The zero-order valence-electron chi connectivity index (χ0n) is 9.66. The first-order chi connectivity index (χ1) is 8.61. The van der Waals surface area contributed by atoms with Crippen LogP contribution in [0.2, 0.25) is 0 Å². The Balaban J connectivity index is 2.34. The molecule has 2 aromatic carbocycles. The Morgan fingerprint density at radius 3 is 2.39 bits per heavy atom. The van der Waals surface area contributed by atoms with Crippen LogP contribution in [0.4, 0.5) is 8.78 Å². The molecule has 0 N–H and O–H groups in total. The third kappa shape index (κ3) is 2.70. The lowest BCUT2D eigenvalue weighted by atomic mass is 10.0. The zero-order chi connectivity index (χ0) is 13.1. The minimum atomic E-state index is -0.847. The number of ether oxygens (including phenoxy) is 1. The fourth-order valence-corrected chi connectivity index (χ4v) is 2.23. The molecular formula is C14H11BrF2O. The van der Waals surface area contributed by atoms with Crippen molar-refractivity contribution in [2.45, 2.75) is 4.83 Å². The van der Waals surface area contributed by atoms with Gasteiger partial charge >= 0.3 is 0 Å². The number of methoxy groups -OCH3 is 1. The monoisotopic (exact) mass is 312 g/mol. The SMILES string of the molecule is COc1cccc(C(Br)c2ccc(F)c(F)c2)c1. The van der Waals surface area contributed by atoms with E-state index in [2.05, 4.69) is 15.9 Å². The molecule has 0 spiro atoms. The third-order valence-electron chi connectivity index (χ3n) is 2.62. The fourth-order valence-electron chi connectivity index (χ4n) is 1.66. The second-order valence-electron chi connectivity index (χ2n) is 3.81. The van der Waals surface area contributed by atoms with Crippen molar-refractivity contribution in [3.05, 3.63) is 65.2 Å². The molecule has 0 aliphatic rings. The number of rotatable bonds is 3. The van der Waals surface area contributed by atoms with Crippen molar-refractivity contribution in [3.8, 4) is 5.75 Å². The van der Waals surface area contributed by atoms with E-state index < -0.39 is 11.6 Å². The summed E-state index contributed by atoms with van der Waals surface area (Å²) in [5.41, 5.74) is 1.57. The standard InChI is InChI=1S/C14H11BrF2O/c1-18-11-4-2-3-9(7-11)14(15)10-5-6-12(16)13(17)8-10/h2-8,14H,1H3. The molecule has 2 rings (SSSR count). The molecule has 0 bridgehead atoms. The van der Waals surface area contributed by atoms with E-state index in [0.29, 0.717) is 5.56 Å². The second kappa shape index (κ2) is 5.48. The van der Waals surface area contributed by atoms with Crippen LogP contribution < -0.4 is 4.74 Å². The van der Waals surface area contributed by atoms with Crippen molar-refractivity contribution in [2.24, 2.45) is 0 Å². The van der Waals surface area contributed by atoms with Crippen LogP contribution in [-0.4, -0.2) is 7.11 Å². The van der Waals surface area contributed by atoms with E-state index in [9.17, 15) is 8.78 Å². The van der Waals surface area contributed by atoms with Crippen LogP contribution in [-0.2, 0) is 0 Å². The summed E-state index contributed by atoms with van der Waals surface area (Å²) >= 11 is 3.47. The molecule has 0 fully saturated rings. The molecule has 1 unspecified atom stereocenters. The Kier molecular flexibility index (Phi) is 3.97. The van der Waals surface area contributed by atoms with Gasteiger partial charge in [0, 0.05) is 0 Å². The molecular weight excluding hydrogens is 302 g/mol. The Morgan fingerprint density at radius 1 is 1.00 bits per heavy atom. The molecule has 4 heteroatoms. The van der Waals surface area contributed by atoms with Crippen molar-refractivity contribution < 1.29 is 13.5 Å². The molecule has 0 aliphatic carbocycles. The normalized spacial score (nSPS) is 12.2. The molecule has 0 aromatic heterocycles. The van der Waals surface area contributed by atoms with Gasteiger partial charge in [-0.3, -0.25) is 0 Å². The van der Waals surface area contributed by atoms with Crippen LogP contribution in [0.25, 0.3) is 0 Å². The summed E-state index contributed by atoms with van der Waals surface area (Å²) in [4.78, 5) is -0.206. The lowest BCUT2D eigenvalue weighted by molar-refractivity contribution is 0.414. The molecule has 0 aliphatic heterocycles. The summed E-state index contributed by atoms with van der Waals surface area (Å²) in [5, 5.41) is 0. The van der Waals surface area contributed by atoms with Crippen molar-refractivity contribution in [1.29, 1.82) is 0 Å². The first-order valence-electron chi connectivity index (χ1n) is 5.35. The van der Waals surface area contributed by atoms with E-state index in [4.69, 9.17) is 4.74 Å². The van der Waals surface area contributed by atoms with Gasteiger partial charge in [0.1, 0.15) is 5.75 Å². The molecule has 1 atom stereocenters. The second-order valence-corrected chi connectivity index (χ2v) is 4.73. The van der Waals surface area contributed by atoms with Gasteiger partial charge in [0.15, 0.2) is 11.6 Å². The highest BCUT2D eigenvalue weighted by molar-refractivity contribution is 9.09. The average molecular weight is 313 g/mol. The molecule has 0 radical (unpaired) electrons. The highest BCUT2D eigenvalue weighted by atomic mass is 79.9. The van der Waals surface area contributed by atoms with Crippen LogP contribution in [0.5, 0.6) is 5.75 Å². The van der Waals surface area contributed by atoms with Gasteiger partial charge in [-0.1, -0.05) is 34.1 Å². The molecule has 2 aromatic rings. The maximum atomic E-state index is 13.2. The van der Waals surface area contributed by atoms with Gasteiger partial charge in [0.05, 0.1) is 11.9 Å². The summed E-state index contributed by atoms with van der Waals surface area (Å²) in [6.07, 6.45) is 0. The fraction of sp³-hybridized carbons (Fsp3) is 0.143. The average Bonchev–Trinajstić information content (AvgIpc) is 2.41. The van der Waals surface area contributed by atoms with Gasteiger partial charge in [-0.25, -0.2) is 8.78 Å². The Morgan fingerprint density at radius 2 is 1.72 bits per heavy atom. The number of alkyl halides is 1. The van der Waals surface area contributed by atoms with Crippen LogP contribution in [0.15, 0.2) is 42.5 Å². The van der Waals surface area contributed by atoms with Crippen molar-refractivity contribution >= 4 is 15.9 Å². The van der Waals surface area contributed by atoms with E-state index in [1.165, 1.54) is 6.07 Å². The Bertz CT molecular complexity index is 557. The summed E-state index contributed by atoms with van der Waals surface area (Å²) in [7, 11) is 1.58. The maximum absolute atomic E-state index is 13.2. The third-order valence-corrected chi connectivity index (χ3v) is 3.68. The van der Waals surface area contributed by atoms with Crippen LogP contribution in [0.3, 0.4) is 0 Å². The van der Waals surface area contributed by atoms with Gasteiger partial charge in [-0.05, 0) is 35.4 Å². The van der Waals surface area contributed by atoms with Gasteiger partial charge in [0.25, 0.3) is 0 Å². The van der Waals surface area contributed by atoms with E-state index in [0.717, 1.165) is 17.4 Å². The maximum Gasteiger partial charge on any atom is 0.159 e. The molecule has 0 heterocycles. The first kappa shape index (κ1) is 13.0. The van der Waals surface area contributed by atoms with Crippen molar-refractivity contribution in [2.75, 3.05) is 7.11 Å².